The highest BCUT2D eigenvalue weighted by Gasteiger charge is 2.61. The van der Waals surface area contributed by atoms with Crippen molar-refractivity contribution in [3.8, 4) is 0 Å². The molecule has 0 radical (unpaired) electrons. The minimum atomic E-state index is -1.00. The van der Waals surface area contributed by atoms with Gasteiger partial charge in [-0.1, -0.05) is 50.0 Å². The molecular weight excluding hydrogens is 453 g/mol. The van der Waals surface area contributed by atoms with Crippen LogP contribution in [0.4, 0.5) is 0 Å². The summed E-state index contributed by atoms with van der Waals surface area (Å²) in [6.45, 7) is 8.33. The Labute approximate surface area is 198 Å². The third kappa shape index (κ3) is 3.63. The Kier molecular flexibility index (Phi) is 5.62. The zero-order chi connectivity index (χ0) is 21.9. The summed E-state index contributed by atoms with van der Waals surface area (Å²) >= 11 is 14.8. The Bertz CT molecular complexity index is 956. The van der Waals surface area contributed by atoms with Crippen LogP contribution < -0.4 is 0 Å². The van der Waals surface area contributed by atoms with Gasteiger partial charge in [0.2, 0.25) is 5.79 Å². The molecule has 2 heterocycles. The van der Waals surface area contributed by atoms with Gasteiger partial charge >= 0.3 is 0 Å². The Morgan fingerprint density at radius 3 is 2.74 bits per heavy atom. The number of nitrogens with zero attached hydrogens (tertiary/aromatic N) is 3. The molecule has 1 saturated heterocycles. The van der Waals surface area contributed by atoms with Gasteiger partial charge in [-0.05, 0) is 48.1 Å². The van der Waals surface area contributed by atoms with Gasteiger partial charge in [-0.15, -0.1) is 0 Å². The van der Waals surface area contributed by atoms with Crippen LogP contribution in [0.25, 0.3) is 0 Å². The fourth-order valence-electron chi connectivity index (χ4n) is 5.89. The minimum absolute atomic E-state index is 0.00824. The Morgan fingerprint density at radius 2 is 2.10 bits per heavy atom. The highest BCUT2D eigenvalue weighted by Crippen LogP contribution is 2.68. The number of hydrogen-bond donors (Lipinski definition) is 0. The molecule has 8 heteroatoms. The lowest BCUT2D eigenvalue weighted by Crippen LogP contribution is -2.36. The maximum atomic E-state index is 6.59. The molecule has 2 aromatic rings. The van der Waals surface area contributed by atoms with E-state index in [1.165, 1.54) is 25.6 Å². The van der Waals surface area contributed by atoms with Crippen LogP contribution in [0, 0.1) is 16.7 Å². The van der Waals surface area contributed by atoms with Crippen LogP contribution in [-0.4, -0.2) is 38.5 Å². The highest BCUT2D eigenvalue weighted by molar-refractivity contribution is 8.00. The number of thioether (sulfide) groups is 1. The molecule has 5 rings (SSSR count). The quantitative estimate of drug-likeness (QED) is 0.521. The first-order chi connectivity index (χ1) is 14.7. The second-order valence-electron chi connectivity index (χ2n) is 9.95. The van der Waals surface area contributed by atoms with E-state index in [0.29, 0.717) is 39.3 Å². The number of rotatable bonds is 6. The molecule has 3 fully saturated rings. The van der Waals surface area contributed by atoms with Crippen molar-refractivity contribution in [3.63, 3.8) is 0 Å². The summed E-state index contributed by atoms with van der Waals surface area (Å²) in [5.41, 5.74) is 1.60. The molecule has 0 unspecified atom stereocenters. The minimum Gasteiger partial charge on any atom is -0.342 e. The first kappa shape index (κ1) is 22.0. The third-order valence-electron chi connectivity index (χ3n) is 8.23. The van der Waals surface area contributed by atoms with Gasteiger partial charge in [0, 0.05) is 21.6 Å². The number of ether oxygens (including phenoxy) is 2. The van der Waals surface area contributed by atoms with Crippen molar-refractivity contribution in [2.45, 2.75) is 63.7 Å². The lowest BCUT2D eigenvalue weighted by Gasteiger charge is -2.39. The van der Waals surface area contributed by atoms with E-state index in [-0.39, 0.29) is 6.10 Å². The van der Waals surface area contributed by atoms with Gasteiger partial charge < -0.3 is 9.47 Å². The molecular formula is C23H29Cl2N3O2S. The molecule has 2 aliphatic carbocycles. The van der Waals surface area contributed by atoms with Crippen LogP contribution in [0.5, 0.6) is 0 Å². The van der Waals surface area contributed by atoms with E-state index >= 15 is 0 Å². The Hall–Kier alpha value is -0.790. The van der Waals surface area contributed by atoms with Crippen LogP contribution in [0.1, 0.15) is 45.6 Å². The predicted octanol–water partition coefficient (Wildman–Crippen LogP) is 5.80. The van der Waals surface area contributed by atoms with Gasteiger partial charge in [0.15, 0.2) is 0 Å². The molecule has 0 amide bonds. The van der Waals surface area contributed by atoms with E-state index < -0.39 is 5.79 Å². The predicted molar refractivity (Wildman–Crippen MR) is 124 cm³/mol. The second-order valence-corrected chi connectivity index (χ2v) is 12.0. The summed E-state index contributed by atoms with van der Waals surface area (Å²) in [6, 6.07) is 5.43. The fraction of sp³-hybridized carbons (Fsp3) is 0.652. The smallest absolute Gasteiger partial charge is 0.217 e. The normalized spacial score (nSPS) is 36.4. The third-order valence-corrected chi connectivity index (χ3v) is 10.5. The zero-order valence-electron chi connectivity index (χ0n) is 18.2. The first-order valence-electron chi connectivity index (χ1n) is 10.9. The van der Waals surface area contributed by atoms with Crippen molar-refractivity contribution in [2.75, 3.05) is 12.4 Å². The largest absolute Gasteiger partial charge is 0.342 e. The van der Waals surface area contributed by atoms with Gasteiger partial charge in [0.1, 0.15) is 19.2 Å². The van der Waals surface area contributed by atoms with E-state index in [4.69, 9.17) is 32.7 Å². The van der Waals surface area contributed by atoms with Gasteiger partial charge in [-0.25, -0.2) is 9.67 Å². The van der Waals surface area contributed by atoms with E-state index in [1.54, 1.807) is 17.1 Å². The molecule has 5 nitrogen and oxygen atoms in total. The van der Waals surface area contributed by atoms with Crippen LogP contribution >= 0.6 is 35.0 Å². The number of benzene rings is 1. The summed E-state index contributed by atoms with van der Waals surface area (Å²) < 4.78 is 14.6. The monoisotopic (exact) mass is 481 g/mol. The fourth-order valence-corrected chi connectivity index (χ4v) is 8.21. The Morgan fingerprint density at radius 1 is 1.26 bits per heavy atom. The van der Waals surface area contributed by atoms with E-state index in [1.807, 2.05) is 12.1 Å². The van der Waals surface area contributed by atoms with Crippen molar-refractivity contribution in [1.29, 1.82) is 0 Å². The molecule has 2 saturated carbocycles. The Balaban J connectivity index is 1.33. The second kappa shape index (κ2) is 7.91. The molecule has 1 aromatic heterocycles. The van der Waals surface area contributed by atoms with Crippen LogP contribution in [0.2, 0.25) is 10.0 Å². The molecule has 168 valence electrons. The molecule has 5 atom stereocenters. The topological polar surface area (TPSA) is 49.2 Å². The molecule has 3 aliphatic rings. The molecule has 2 bridgehead atoms. The van der Waals surface area contributed by atoms with Crippen LogP contribution in [0.3, 0.4) is 0 Å². The molecule has 1 aromatic carbocycles. The number of fused-ring (bicyclic) bond motifs is 2. The SMILES string of the molecule is CC1(C)[C@H]2CC[C@]1(C)[C@@H](SC[C@H]1CO[C@](Cn3cncn3)(c3ccc(Cl)cc3Cl)O1)C2. The van der Waals surface area contributed by atoms with E-state index in [9.17, 15) is 0 Å². The van der Waals surface area contributed by atoms with Gasteiger partial charge in [-0.3, -0.25) is 0 Å². The summed E-state index contributed by atoms with van der Waals surface area (Å²) in [6.07, 6.45) is 7.19. The van der Waals surface area contributed by atoms with E-state index in [2.05, 4.69) is 42.6 Å². The average Bonchev–Trinajstić information content (AvgIpc) is 3.45. The molecule has 31 heavy (non-hydrogen) atoms. The standard InChI is InChI=1S/C23H29Cl2N3O2S/c1-21(2)15-6-7-22(21,3)20(8-15)31-11-17-10-29-23(30-17,12-28-14-26-13-27-28)18-5-4-16(24)9-19(18)25/h4-5,9,13-15,17,20H,6-8,10-12H2,1-3H3/t15-,17+,20-,22+,23-/m0/s1. The van der Waals surface area contributed by atoms with Crippen molar-refractivity contribution >= 4 is 35.0 Å². The molecule has 0 spiro atoms. The first-order valence-corrected chi connectivity index (χ1v) is 12.8. The van der Waals surface area contributed by atoms with Crippen molar-refractivity contribution in [1.82, 2.24) is 14.8 Å². The van der Waals surface area contributed by atoms with Gasteiger partial charge in [-0.2, -0.15) is 16.9 Å². The lowest BCUT2D eigenvalue weighted by molar-refractivity contribution is -0.186. The molecule has 0 N–H and O–H groups in total. The van der Waals surface area contributed by atoms with Crippen molar-refractivity contribution in [2.24, 2.45) is 16.7 Å². The van der Waals surface area contributed by atoms with Gasteiger partial charge in [0.05, 0.1) is 17.7 Å². The maximum absolute atomic E-state index is 6.59. The van der Waals surface area contributed by atoms with E-state index in [0.717, 1.165) is 17.2 Å². The van der Waals surface area contributed by atoms with Crippen LogP contribution in [-0.2, 0) is 21.8 Å². The zero-order valence-corrected chi connectivity index (χ0v) is 20.5. The van der Waals surface area contributed by atoms with Crippen molar-refractivity contribution in [3.05, 3.63) is 46.5 Å². The molecule has 1 aliphatic heterocycles. The summed E-state index contributed by atoms with van der Waals surface area (Å²) in [7, 11) is 0. The summed E-state index contributed by atoms with van der Waals surface area (Å²) in [4.78, 5) is 4.06. The van der Waals surface area contributed by atoms with Crippen LogP contribution in [0.15, 0.2) is 30.9 Å². The van der Waals surface area contributed by atoms with Crippen molar-refractivity contribution < 1.29 is 9.47 Å². The number of aromatic nitrogens is 3. The number of halogens is 2. The maximum Gasteiger partial charge on any atom is 0.217 e. The average molecular weight is 482 g/mol. The highest BCUT2D eigenvalue weighted by atomic mass is 35.5. The number of hydrogen-bond acceptors (Lipinski definition) is 5. The lowest BCUT2D eigenvalue weighted by atomic mass is 9.71. The summed E-state index contributed by atoms with van der Waals surface area (Å²) in [5, 5.41) is 6.04. The van der Waals surface area contributed by atoms with Gasteiger partial charge in [0.25, 0.3) is 0 Å². The summed E-state index contributed by atoms with van der Waals surface area (Å²) in [5.74, 6) is 0.751.